The molecule has 3 rings (SSSR count). The molecule has 2 aliphatic rings. The fraction of sp³-hybridized carbons (Fsp3) is 0.850. The highest BCUT2D eigenvalue weighted by Crippen LogP contribution is 2.33. The molecule has 1 aromatic rings. The second-order valence-corrected chi connectivity index (χ2v) is 9.15. The van der Waals surface area contributed by atoms with Crippen LogP contribution in [0.3, 0.4) is 0 Å². The van der Waals surface area contributed by atoms with E-state index in [2.05, 4.69) is 34.0 Å². The number of carbonyl (C=O) groups excluding carboxylic acids is 1. The molecular formula is C20H35N5O2. The van der Waals surface area contributed by atoms with Gasteiger partial charge in [0, 0.05) is 26.2 Å². The summed E-state index contributed by atoms with van der Waals surface area (Å²) in [5.41, 5.74) is -0.592. The number of likely N-dealkylation sites (tertiary alicyclic amines) is 2. The summed E-state index contributed by atoms with van der Waals surface area (Å²) in [6.45, 7) is 13.3. The highest BCUT2D eigenvalue weighted by molar-refractivity contribution is 5.82. The lowest BCUT2D eigenvalue weighted by molar-refractivity contribution is -0.146. The van der Waals surface area contributed by atoms with E-state index >= 15 is 0 Å². The summed E-state index contributed by atoms with van der Waals surface area (Å²) >= 11 is 0. The fourth-order valence-corrected chi connectivity index (χ4v) is 4.42. The SMILES string of the molecule is CCN1CCC[C@@](C)(C(=O)N2CCC(Cn3cc(C(C)(C)O)nn3)CC2)C1. The molecule has 152 valence electrons. The zero-order valence-electron chi connectivity index (χ0n) is 17.3. The Morgan fingerprint density at radius 2 is 2.04 bits per heavy atom. The molecule has 0 aliphatic carbocycles. The first-order chi connectivity index (χ1) is 12.7. The van der Waals surface area contributed by atoms with E-state index in [1.54, 1.807) is 13.8 Å². The number of nitrogens with zero attached hydrogens (tertiary/aromatic N) is 5. The van der Waals surface area contributed by atoms with Gasteiger partial charge in [-0.1, -0.05) is 12.1 Å². The molecule has 1 N–H and O–H groups in total. The quantitative estimate of drug-likeness (QED) is 0.848. The zero-order valence-corrected chi connectivity index (χ0v) is 17.3. The maximum absolute atomic E-state index is 13.2. The lowest BCUT2D eigenvalue weighted by atomic mass is 9.79. The standard InChI is InChI=1S/C20H35N5O2/c1-5-23-10-6-9-20(4,15-23)18(26)24-11-7-16(8-12-24)13-25-14-17(21-22-25)19(2,3)27/h14,16,27H,5-13,15H2,1-4H3/t20-/m1/s1. The van der Waals surface area contributed by atoms with Crippen LogP contribution in [0.25, 0.3) is 0 Å². The number of piperidine rings is 2. The van der Waals surface area contributed by atoms with Gasteiger partial charge in [0.1, 0.15) is 11.3 Å². The van der Waals surface area contributed by atoms with E-state index in [0.29, 0.717) is 17.5 Å². The van der Waals surface area contributed by atoms with Crippen LogP contribution in [0.2, 0.25) is 0 Å². The molecule has 3 heterocycles. The smallest absolute Gasteiger partial charge is 0.229 e. The summed E-state index contributed by atoms with van der Waals surface area (Å²) < 4.78 is 1.83. The first-order valence-corrected chi connectivity index (χ1v) is 10.4. The third-order valence-electron chi connectivity index (χ3n) is 6.25. The molecule has 0 unspecified atom stereocenters. The Morgan fingerprint density at radius 1 is 1.33 bits per heavy atom. The fourth-order valence-electron chi connectivity index (χ4n) is 4.42. The second-order valence-electron chi connectivity index (χ2n) is 9.15. The van der Waals surface area contributed by atoms with Crippen LogP contribution in [0, 0.1) is 11.3 Å². The van der Waals surface area contributed by atoms with E-state index in [-0.39, 0.29) is 5.41 Å². The van der Waals surface area contributed by atoms with Crippen molar-refractivity contribution in [3.05, 3.63) is 11.9 Å². The molecule has 2 aliphatic heterocycles. The maximum atomic E-state index is 13.2. The van der Waals surface area contributed by atoms with Crippen LogP contribution in [0.1, 0.15) is 59.1 Å². The largest absolute Gasteiger partial charge is 0.384 e. The molecule has 7 heteroatoms. The van der Waals surface area contributed by atoms with Crippen molar-refractivity contribution in [2.75, 3.05) is 32.7 Å². The molecule has 0 spiro atoms. The van der Waals surface area contributed by atoms with Crippen LogP contribution in [-0.4, -0.2) is 68.5 Å². The topological polar surface area (TPSA) is 74.5 Å². The summed E-state index contributed by atoms with van der Waals surface area (Å²) in [5, 5.41) is 18.3. The molecule has 0 radical (unpaired) electrons. The van der Waals surface area contributed by atoms with Crippen molar-refractivity contribution in [1.29, 1.82) is 0 Å². The minimum atomic E-state index is -0.962. The van der Waals surface area contributed by atoms with E-state index in [1.165, 1.54) is 0 Å². The van der Waals surface area contributed by atoms with E-state index in [9.17, 15) is 9.90 Å². The molecule has 0 saturated carbocycles. The molecular weight excluding hydrogens is 342 g/mol. The number of carbonyl (C=O) groups is 1. The molecule has 1 aromatic heterocycles. The summed E-state index contributed by atoms with van der Waals surface area (Å²) in [7, 11) is 0. The van der Waals surface area contributed by atoms with Crippen molar-refractivity contribution in [3.8, 4) is 0 Å². The van der Waals surface area contributed by atoms with Crippen molar-refractivity contribution in [1.82, 2.24) is 24.8 Å². The van der Waals surface area contributed by atoms with Crippen molar-refractivity contribution in [2.45, 2.75) is 65.5 Å². The molecule has 0 bridgehead atoms. The Hall–Kier alpha value is -1.47. The molecule has 1 amide bonds. The highest BCUT2D eigenvalue weighted by Gasteiger charge is 2.40. The van der Waals surface area contributed by atoms with Crippen LogP contribution < -0.4 is 0 Å². The average Bonchev–Trinajstić information content (AvgIpc) is 3.11. The maximum Gasteiger partial charge on any atom is 0.229 e. The predicted molar refractivity (Wildman–Crippen MR) is 104 cm³/mol. The van der Waals surface area contributed by atoms with Gasteiger partial charge in [-0.25, -0.2) is 0 Å². The van der Waals surface area contributed by atoms with Crippen molar-refractivity contribution in [3.63, 3.8) is 0 Å². The molecule has 7 nitrogen and oxygen atoms in total. The lowest BCUT2D eigenvalue weighted by Crippen LogP contribution is -2.53. The Kier molecular flexibility index (Phi) is 5.91. The molecule has 1 atom stereocenters. The third kappa shape index (κ3) is 4.69. The first kappa shape index (κ1) is 20.3. The molecule has 0 aromatic carbocycles. The summed E-state index contributed by atoms with van der Waals surface area (Å²) in [5.74, 6) is 0.834. The minimum absolute atomic E-state index is 0.228. The number of rotatable bonds is 5. The van der Waals surface area contributed by atoms with Crippen LogP contribution in [0.4, 0.5) is 0 Å². The van der Waals surface area contributed by atoms with Gasteiger partial charge in [0.2, 0.25) is 5.91 Å². The van der Waals surface area contributed by atoms with Gasteiger partial charge in [-0.2, -0.15) is 0 Å². The van der Waals surface area contributed by atoms with Crippen molar-refractivity contribution >= 4 is 5.91 Å². The van der Waals surface area contributed by atoms with Gasteiger partial charge in [0.15, 0.2) is 0 Å². The van der Waals surface area contributed by atoms with E-state index < -0.39 is 5.60 Å². The van der Waals surface area contributed by atoms with Crippen LogP contribution in [-0.2, 0) is 16.9 Å². The average molecular weight is 378 g/mol. The summed E-state index contributed by atoms with van der Waals surface area (Å²) in [4.78, 5) is 17.6. The minimum Gasteiger partial charge on any atom is -0.384 e. The van der Waals surface area contributed by atoms with Gasteiger partial charge >= 0.3 is 0 Å². The second kappa shape index (κ2) is 7.87. The van der Waals surface area contributed by atoms with E-state index in [0.717, 1.165) is 65.0 Å². The number of hydrogen-bond acceptors (Lipinski definition) is 5. The van der Waals surface area contributed by atoms with Crippen LogP contribution in [0.5, 0.6) is 0 Å². The molecule has 2 fully saturated rings. The van der Waals surface area contributed by atoms with Crippen LogP contribution in [0.15, 0.2) is 6.20 Å². The number of aromatic nitrogens is 3. The Morgan fingerprint density at radius 3 is 2.63 bits per heavy atom. The van der Waals surface area contributed by atoms with Gasteiger partial charge in [0.05, 0.1) is 11.6 Å². The third-order valence-corrected chi connectivity index (χ3v) is 6.25. The zero-order chi connectivity index (χ0) is 19.7. The number of hydrogen-bond donors (Lipinski definition) is 1. The van der Waals surface area contributed by atoms with Gasteiger partial charge < -0.3 is 14.9 Å². The van der Waals surface area contributed by atoms with E-state index in [4.69, 9.17) is 0 Å². The van der Waals surface area contributed by atoms with Crippen molar-refractivity contribution < 1.29 is 9.90 Å². The van der Waals surface area contributed by atoms with Gasteiger partial charge in [-0.05, 0) is 65.5 Å². The number of aliphatic hydroxyl groups is 1. The molecule has 27 heavy (non-hydrogen) atoms. The normalized spacial score (nSPS) is 25.7. The van der Waals surface area contributed by atoms with Gasteiger partial charge in [-0.3, -0.25) is 9.48 Å². The van der Waals surface area contributed by atoms with E-state index in [1.807, 2.05) is 10.9 Å². The van der Waals surface area contributed by atoms with Crippen LogP contribution >= 0.6 is 0 Å². The highest BCUT2D eigenvalue weighted by atomic mass is 16.3. The van der Waals surface area contributed by atoms with Crippen molar-refractivity contribution in [2.24, 2.45) is 11.3 Å². The summed E-state index contributed by atoms with van der Waals surface area (Å²) in [6.07, 6.45) is 5.94. The predicted octanol–water partition coefficient (Wildman–Crippen LogP) is 1.87. The summed E-state index contributed by atoms with van der Waals surface area (Å²) in [6, 6.07) is 0. The van der Waals surface area contributed by atoms with Gasteiger partial charge in [-0.15, -0.1) is 5.10 Å². The first-order valence-electron chi connectivity index (χ1n) is 10.4. The Labute approximate surface area is 162 Å². The number of amides is 1. The van der Waals surface area contributed by atoms with Gasteiger partial charge in [0.25, 0.3) is 0 Å². The monoisotopic (exact) mass is 377 g/mol. The Bertz CT molecular complexity index is 645. The molecule has 2 saturated heterocycles. The lowest BCUT2D eigenvalue weighted by Gasteiger charge is -2.43. The Balaban J connectivity index is 1.52.